The van der Waals surface area contributed by atoms with Crippen LogP contribution in [-0.4, -0.2) is 50.4 Å². The molecule has 1 aliphatic carbocycles. The van der Waals surface area contributed by atoms with Gasteiger partial charge in [-0.25, -0.2) is 0 Å². The second-order valence-corrected chi connectivity index (χ2v) is 8.58. The number of esters is 1. The van der Waals surface area contributed by atoms with Gasteiger partial charge in [0.2, 0.25) is 0 Å². The predicted molar refractivity (Wildman–Crippen MR) is 110 cm³/mol. The zero-order chi connectivity index (χ0) is 20.1. The van der Waals surface area contributed by atoms with Gasteiger partial charge in [-0.2, -0.15) is 0 Å². The van der Waals surface area contributed by atoms with E-state index in [1.807, 2.05) is 16.7 Å². The van der Waals surface area contributed by atoms with Crippen LogP contribution in [0, 0.1) is 0 Å². The molecular weight excluding hydrogens is 390 g/mol. The summed E-state index contributed by atoms with van der Waals surface area (Å²) in [6.07, 6.45) is 7.68. The van der Waals surface area contributed by atoms with Gasteiger partial charge >= 0.3 is 5.97 Å². The number of aromatic nitrogens is 3. The van der Waals surface area contributed by atoms with Gasteiger partial charge in [-0.05, 0) is 62.8 Å². The average Bonchev–Trinajstić information content (AvgIpc) is 3.38. The Morgan fingerprint density at radius 1 is 1.14 bits per heavy atom. The first kappa shape index (κ1) is 20.2. The molecule has 7 nitrogen and oxygen atoms in total. The largest absolute Gasteiger partial charge is 0.508 e. The molecule has 29 heavy (non-hydrogen) atoms. The Kier molecular flexibility index (Phi) is 6.71. The number of rotatable bonds is 7. The van der Waals surface area contributed by atoms with E-state index >= 15 is 0 Å². The summed E-state index contributed by atoms with van der Waals surface area (Å²) in [7, 11) is 0. The first-order valence-electron chi connectivity index (χ1n) is 10.4. The first-order valence-corrected chi connectivity index (χ1v) is 11.3. The van der Waals surface area contributed by atoms with Crippen molar-refractivity contribution in [3.8, 4) is 17.1 Å². The van der Waals surface area contributed by atoms with Crippen molar-refractivity contribution < 1.29 is 19.4 Å². The SMILES string of the molecule is O=C(CSc1nnc(-c2ccc(O)cc2)n1C[C@@H]1CCCO1)OC1CCCCC1. The molecule has 1 N–H and O–H groups in total. The summed E-state index contributed by atoms with van der Waals surface area (Å²) < 4.78 is 13.4. The third-order valence-corrected chi connectivity index (χ3v) is 6.36. The number of phenolic OH excluding ortho intramolecular Hbond substituents is 1. The summed E-state index contributed by atoms with van der Waals surface area (Å²) in [6, 6.07) is 6.90. The van der Waals surface area contributed by atoms with Crippen LogP contribution in [0.25, 0.3) is 11.4 Å². The lowest BCUT2D eigenvalue weighted by Crippen LogP contribution is -2.22. The van der Waals surface area contributed by atoms with Crippen LogP contribution < -0.4 is 0 Å². The van der Waals surface area contributed by atoms with E-state index in [4.69, 9.17) is 9.47 Å². The minimum Gasteiger partial charge on any atom is -0.508 e. The lowest BCUT2D eigenvalue weighted by atomic mass is 9.98. The number of hydrogen-bond acceptors (Lipinski definition) is 7. The Balaban J connectivity index is 1.46. The maximum absolute atomic E-state index is 12.3. The summed E-state index contributed by atoms with van der Waals surface area (Å²) in [6.45, 7) is 1.42. The zero-order valence-corrected chi connectivity index (χ0v) is 17.3. The van der Waals surface area contributed by atoms with Crippen LogP contribution in [0.15, 0.2) is 29.4 Å². The normalized spacial score (nSPS) is 20.1. The van der Waals surface area contributed by atoms with E-state index in [0.717, 1.165) is 50.7 Å². The fraction of sp³-hybridized carbons (Fsp3) is 0.571. The smallest absolute Gasteiger partial charge is 0.316 e. The highest BCUT2D eigenvalue weighted by Gasteiger charge is 2.23. The van der Waals surface area contributed by atoms with Gasteiger partial charge in [0, 0.05) is 12.2 Å². The number of ether oxygens (including phenoxy) is 2. The molecule has 8 heteroatoms. The Hall–Kier alpha value is -2.06. The fourth-order valence-corrected chi connectivity index (χ4v) is 4.63. The van der Waals surface area contributed by atoms with Crippen LogP contribution >= 0.6 is 11.8 Å². The predicted octanol–water partition coefficient (Wildman–Crippen LogP) is 3.80. The second-order valence-electron chi connectivity index (χ2n) is 7.64. The van der Waals surface area contributed by atoms with Gasteiger partial charge in [-0.15, -0.1) is 10.2 Å². The van der Waals surface area contributed by atoms with E-state index < -0.39 is 0 Å². The standard InChI is InChI=1S/C21H27N3O4S/c25-16-10-8-15(9-11-16)20-22-23-21(24(20)13-18-7-4-12-27-18)29-14-19(26)28-17-5-2-1-3-6-17/h8-11,17-18,25H,1-7,12-14H2/t18-/m0/s1. The van der Waals surface area contributed by atoms with Crippen LogP contribution in [0.1, 0.15) is 44.9 Å². The molecule has 0 radical (unpaired) electrons. The number of thioether (sulfide) groups is 1. The highest BCUT2D eigenvalue weighted by atomic mass is 32.2. The molecule has 2 fully saturated rings. The number of carbonyl (C=O) groups is 1. The molecule has 1 aliphatic heterocycles. The molecule has 1 saturated carbocycles. The quantitative estimate of drug-likeness (QED) is 0.542. The third kappa shape index (κ3) is 5.30. The minimum absolute atomic E-state index is 0.0640. The van der Waals surface area contributed by atoms with E-state index in [1.165, 1.54) is 18.2 Å². The van der Waals surface area contributed by atoms with Gasteiger partial charge in [-0.1, -0.05) is 18.2 Å². The summed E-state index contributed by atoms with van der Waals surface area (Å²) in [5.41, 5.74) is 0.866. The van der Waals surface area contributed by atoms with E-state index in [9.17, 15) is 9.90 Å². The van der Waals surface area contributed by atoms with E-state index in [-0.39, 0.29) is 29.7 Å². The second kappa shape index (κ2) is 9.63. The molecule has 0 amide bonds. The van der Waals surface area contributed by atoms with Gasteiger partial charge in [0.05, 0.1) is 18.4 Å². The number of aromatic hydroxyl groups is 1. The lowest BCUT2D eigenvalue weighted by Gasteiger charge is -2.21. The van der Waals surface area contributed by atoms with Gasteiger partial charge in [0.25, 0.3) is 0 Å². The molecule has 1 saturated heterocycles. The molecule has 2 heterocycles. The Labute approximate surface area is 174 Å². The van der Waals surface area contributed by atoms with Crippen molar-refractivity contribution in [1.29, 1.82) is 0 Å². The van der Waals surface area contributed by atoms with Crippen LogP contribution in [0.5, 0.6) is 5.75 Å². The van der Waals surface area contributed by atoms with Crippen LogP contribution in [-0.2, 0) is 20.8 Å². The maximum Gasteiger partial charge on any atom is 0.316 e. The zero-order valence-electron chi connectivity index (χ0n) is 16.5. The van der Waals surface area contributed by atoms with Crippen LogP contribution in [0.3, 0.4) is 0 Å². The van der Waals surface area contributed by atoms with Crippen LogP contribution in [0.2, 0.25) is 0 Å². The molecule has 4 rings (SSSR count). The molecule has 2 aliphatic rings. The summed E-state index contributed by atoms with van der Waals surface area (Å²) in [4.78, 5) is 12.3. The topological polar surface area (TPSA) is 86.5 Å². The van der Waals surface area contributed by atoms with Crippen molar-refractivity contribution in [3.05, 3.63) is 24.3 Å². The van der Waals surface area contributed by atoms with Crippen molar-refractivity contribution in [1.82, 2.24) is 14.8 Å². The monoisotopic (exact) mass is 417 g/mol. The molecule has 1 aromatic carbocycles. The van der Waals surface area contributed by atoms with Crippen molar-refractivity contribution in [3.63, 3.8) is 0 Å². The minimum atomic E-state index is -0.195. The molecule has 0 bridgehead atoms. The Morgan fingerprint density at radius 2 is 1.93 bits per heavy atom. The number of nitrogens with zero attached hydrogens (tertiary/aromatic N) is 3. The Morgan fingerprint density at radius 3 is 2.66 bits per heavy atom. The summed E-state index contributed by atoms with van der Waals surface area (Å²) >= 11 is 1.36. The maximum atomic E-state index is 12.3. The van der Waals surface area contributed by atoms with Crippen molar-refractivity contribution in [2.75, 3.05) is 12.4 Å². The van der Waals surface area contributed by atoms with E-state index in [1.54, 1.807) is 12.1 Å². The summed E-state index contributed by atoms with van der Waals surface area (Å²) in [5, 5.41) is 18.9. The van der Waals surface area contributed by atoms with Gasteiger partial charge < -0.3 is 14.6 Å². The van der Waals surface area contributed by atoms with E-state index in [2.05, 4.69) is 10.2 Å². The Bertz CT molecular complexity index is 812. The van der Waals surface area contributed by atoms with Crippen molar-refractivity contribution in [2.24, 2.45) is 0 Å². The number of carbonyl (C=O) groups excluding carboxylic acids is 1. The molecule has 156 valence electrons. The molecule has 2 aromatic rings. The van der Waals surface area contributed by atoms with Crippen LogP contribution in [0.4, 0.5) is 0 Å². The number of phenols is 1. The van der Waals surface area contributed by atoms with E-state index in [0.29, 0.717) is 17.5 Å². The molecular formula is C21H27N3O4S. The number of benzene rings is 1. The molecule has 0 unspecified atom stereocenters. The average molecular weight is 418 g/mol. The van der Waals surface area contributed by atoms with Gasteiger partial charge in [0.1, 0.15) is 11.9 Å². The highest BCUT2D eigenvalue weighted by molar-refractivity contribution is 7.99. The summed E-state index contributed by atoms with van der Waals surface area (Å²) in [5.74, 6) is 0.942. The van der Waals surface area contributed by atoms with Crippen molar-refractivity contribution >= 4 is 17.7 Å². The van der Waals surface area contributed by atoms with Gasteiger partial charge in [-0.3, -0.25) is 9.36 Å². The lowest BCUT2D eigenvalue weighted by molar-refractivity contribution is -0.147. The molecule has 0 spiro atoms. The third-order valence-electron chi connectivity index (χ3n) is 5.42. The van der Waals surface area contributed by atoms with Crippen molar-refractivity contribution in [2.45, 2.75) is 68.9 Å². The molecule has 1 atom stereocenters. The first-order chi connectivity index (χ1) is 14.2. The van der Waals surface area contributed by atoms with Gasteiger partial charge in [0.15, 0.2) is 11.0 Å². The molecule has 1 aromatic heterocycles. The highest BCUT2D eigenvalue weighted by Crippen LogP contribution is 2.28. The number of hydrogen-bond donors (Lipinski definition) is 1. The fourth-order valence-electron chi connectivity index (χ4n) is 3.90.